The van der Waals surface area contributed by atoms with E-state index in [1.165, 1.54) is 0 Å². The largest absolute Gasteiger partial charge is 0.361 e. The van der Waals surface area contributed by atoms with Crippen molar-refractivity contribution in [1.29, 1.82) is 0 Å². The van der Waals surface area contributed by atoms with E-state index in [0.29, 0.717) is 15.9 Å². The van der Waals surface area contributed by atoms with E-state index in [1.54, 1.807) is 43.5 Å². The van der Waals surface area contributed by atoms with Crippen molar-refractivity contribution < 1.29 is 8.42 Å². The minimum atomic E-state index is -3.15. The summed E-state index contributed by atoms with van der Waals surface area (Å²) < 4.78 is 23.4. The van der Waals surface area contributed by atoms with Crippen LogP contribution in [0.2, 0.25) is 0 Å². The average molecular weight is 354 g/mol. The third-order valence-electron chi connectivity index (χ3n) is 2.91. The van der Waals surface area contributed by atoms with Gasteiger partial charge in [-0.15, -0.1) is 0 Å². The van der Waals surface area contributed by atoms with Crippen LogP contribution in [0.1, 0.15) is 26.3 Å². The zero-order chi connectivity index (χ0) is 17.3. The number of sulfone groups is 1. The molecule has 0 aromatic heterocycles. The highest BCUT2D eigenvalue weighted by Crippen LogP contribution is 2.12. The van der Waals surface area contributed by atoms with Gasteiger partial charge in [0.1, 0.15) is 0 Å². The molecule has 0 radical (unpaired) electrons. The Morgan fingerprint density at radius 1 is 1.30 bits per heavy atom. The van der Waals surface area contributed by atoms with Crippen molar-refractivity contribution in [2.24, 2.45) is 11.0 Å². The lowest BCUT2D eigenvalue weighted by Crippen LogP contribution is -2.34. The second kappa shape index (κ2) is 9.42. The monoisotopic (exact) mass is 353 g/mol. The van der Waals surface area contributed by atoms with Crippen LogP contribution < -0.4 is 10.7 Å². The second-order valence-electron chi connectivity index (χ2n) is 5.33. The molecule has 0 unspecified atom stereocenters. The van der Waals surface area contributed by atoms with Crippen LogP contribution in [0.4, 0.5) is 0 Å². The van der Waals surface area contributed by atoms with Crippen LogP contribution in [0.25, 0.3) is 6.08 Å². The Bertz CT molecular complexity index is 663. The van der Waals surface area contributed by atoms with E-state index in [2.05, 4.69) is 29.7 Å². The predicted molar refractivity (Wildman–Crippen MR) is 100 cm³/mol. The van der Waals surface area contributed by atoms with E-state index in [1.807, 2.05) is 6.08 Å². The second-order valence-corrected chi connectivity index (χ2v) is 8.01. The van der Waals surface area contributed by atoms with Crippen LogP contribution in [0, 0.1) is 5.92 Å². The number of nitrogens with zero attached hydrogens (tertiary/aromatic N) is 1. The van der Waals surface area contributed by atoms with Gasteiger partial charge >= 0.3 is 0 Å². The van der Waals surface area contributed by atoms with Gasteiger partial charge in [0, 0.05) is 12.8 Å². The maximum Gasteiger partial charge on any atom is 0.186 e. The van der Waals surface area contributed by atoms with E-state index in [9.17, 15) is 8.42 Å². The topological polar surface area (TPSA) is 70.6 Å². The standard InChI is InChI=1S/C16H23N3O2S2/c1-4-23(20,21)15-9-7-14(8-10-15)6-5-11-18-19-16(22)17-12-13(2)3/h5-11,13H,4,12H2,1-3H3,(H2,17,19,22). The van der Waals surface area contributed by atoms with Gasteiger partial charge < -0.3 is 5.32 Å². The zero-order valence-electron chi connectivity index (χ0n) is 13.6. The third-order valence-corrected chi connectivity index (χ3v) is 4.89. The first-order valence-electron chi connectivity index (χ1n) is 7.41. The minimum Gasteiger partial charge on any atom is -0.361 e. The Kier molecular flexibility index (Phi) is 7.91. The molecule has 0 fully saturated rings. The number of thiocarbonyl (C=S) groups is 1. The summed E-state index contributed by atoms with van der Waals surface area (Å²) in [4.78, 5) is 0.342. The molecule has 126 valence electrons. The fourth-order valence-electron chi connectivity index (χ4n) is 1.58. The Morgan fingerprint density at radius 3 is 2.52 bits per heavy atom. The molecule has 2 N–H and O–H groups in total. The molecule has 1 aromatic carbocycles. The fourth-order valence-corrected chi connectivity index (χ4v) is 2.60. The van der Waals surface area contributed by atoms with Crippen molar-refractivity contribution in [3.05, 3.63) is 35.9 Å². The van der Waals surface area contributed by atoms with Crippen molar-refractivity contribution >= 4 is 39.5 Å². The quantitative estimate of drug-likeness (QED) is 0.448. The number of hydrogen-bond acceptors (Lipinski definition) is 4. The number of benzene rings is 1. The summed E-state index contributed by atoms with van der Waals surface area (Å²) in [6.07, 6.45) is 5.17. The van der Waals surface area contributed by atoms with Crippen LogP contribution in [0.3, 0.4) is 0 Å². The fraction of sp³-hybridized carbons (Fsp3) is 0.375. The van der Waals surface area contributed by atoms with E-state index < -0.39 is 9.84 Å². The normalized spacial score (nSPS) is 12.2. The average Bonchev–Trinajstić information content (AvgIpc) is 2.53. The maximum atomic E-state index is 11.7. The number of hydrogen-bond donors (Lipinski definition) is 2. The van der Waals surface area contributed by atoms with E-state index in [-0.39, 0.29) is 5.75 Å². The minimum absolute atomic E-state index is 0.102. The smallest absolute Gasteiger partial charge is 0.186 e. The highest BCUT2D eigenvalue weighted by molar-refractivity contribution is 7.91. The molecule has 7 heteroatoms. The first-order chi connectivity index (χ1) is 10.8. The zero-order valence-corrected chi connectivity index (χ0v) is 15.2. The summed E-state index contributed by atoms with van der Waals surface area (Å²) >= 11 is 5.06. The predicted octanol–water partition coefficient (Wildman–Crippen LogP) is 2.60. The summed E-state index contributed by atoms with van der Waals surface area (Å²) in [5.74, 6) is 0.615. The van der Waals surface area contributed by atoms with Crippen molar-refractivity contribution in [3.63, 3.8) is 0 Å². The SMILES string of the molecule is CCS(=O)(=O)c1ccc(C=CC=NNC(=S)NCC(C)C)cc1. The molecule has 0 saturated heterocycles. The molecule has 0 aliphatic carbocycles. The van der Waals surface area contributed by atoms with Gasteiger partial charge in [-0.3, -0.25) is 5.43 Å². The molecular formula is C16H23N3O2S2. The van der Waals surface area contributed by atoms with Crippen molar-refractivity contribution in [3.8, 4) is 0 Å². The molecule has 0 aliphatic rings. The Balaban J connectivity index is 2.49. The first kappa shape index (κ1) is 19.3. The number of allylic oxidation sites excluding steroid dienone is 1. The van der Waals surface area contributed by atoms with Gasteiger partial charge in [0.05, 0.1) is 10.6 Å². The van der Waals surface area contributed by atoms with Crippen molar-refractivity contribution in [2.45, 2.75) is 25.7 Å². The van der Waals surface area contributed by atoms with Crippen LogP contribution >= 0.6 is 12.2 Å². The molecule has 1 rings (SSSR count). The highest BCUT2D eigenvalue weighted by Gasteiger charge is 2.09. The Morgan fingerprint density at radius 2 is 1.96 bits per heavy atom. The van der Waals surface area contributed by atoms with E-state index in [0.717, 1.165) is 12.1 Å². The number of nitrogens with one attached hydrogen (secondary N) is 2. The van der Waals surface area contributed by atoms with Crippen LogP contribution in [0.15, 0.2) is 40.3 Å². The first-order valence-corrected chi connectivity index (χ1v) is 9.47. The summed E-state index contributed by atoms with van der Waals surface area (Å²) in [5, 5.41) is 7.50. The van der Waals surface area contributed by atoms with Gasteiger partial charge in [-0.2, -0.15) is 5.10 Å². The molecule has 0 heterocycles. The molecule has 0 amide bonds. The Hall–Kier alpha value is -1.73. The van der Waals surface area contributed by atoms with Gasteiger partial charge in [0.25, 0.3) is 0 Å². The highest BCUT2D eigenvalue weighted by atomic mass is 32.2. The van der Waals surface area contributed by atoms with E-state index >= 15 is 0 Å². The summed E-state index contributed by atoms with van der Waals surface area (Å²) in [6.45, 7) is 6.62. The third kappa shape index (κ3) is 7.38. The lowest BCUT2D eigenvalue weighted by molar-refractivity contribution is 0.597. The molecule has 1 aromatic rings. The van der Waals surface area contributed by atoms with Crippen molar-refractivity contribution in [2.75, 3.05) is 12.3 Å². The van der Waals surface area contributed by atoms with Gasteiger partial charge in [-0.05, 0) is 41.9 Å². The van der Waals surface area contributed by atoms with Gasteiger partial charge in [0.15, 0.2) is 14.9 Å². The molecule has 0 bridgehead atoms. The van der Waals surface area contributed by atoms with E-state index in [4.69, 9.17) is 12.2 Å². The molecule has 0 saturated carbocycles. The van der Waals surface area contributed by atoms with Gasteiger partial charge in [0.2, 0.25) is 0 Å². The lowest BCUT2D eigenvalue weighted by Gasteiger charge is -2.08. The lowest BCUT2D eigenvalue weighted by atomic mass is 10.2. The molecule has 23 heavy (non-hydrogen) atoms. The molecule has 5 nitrogen and oxygen atoms in total. The summed E-state index contributed by atoms with van der Waals surface area (Å²) in [5.41, 5.74) is 3.62. The molecule has 0 atom stereocenters. The van der Waals surface area contributed by atoms with Crippen LogP contribution in [-0.4, -0.2) is 32.0 Å². The van der Waals surface area contributed by atoms with Crippen LogP contribution in [-0.2, 0) is 9.84 Å². The molecular weight excluding hydrogens is 330 g/mol. The summed E-state index contributed by atoms with van der Waals surface area (Å²) in [7, 11) is -3.15. The molecule has 0 spiro atoms. The maximum absolute atomic E-state index is 11.7. The Labute approximate surface area is 143 Å². The number of hydrazone groups is 1. The van der Waals surface area contributed by atoms with Crippen molar-refractivity contribution in [1.82, 2.24) is 10.7 Å². The van der Waals surface area contributed by atoms with Gasteiger partial charge in [-0.1, -0.05) is 39.0 Å². The van der Waals surface area contributed by atoms with Crippen LogP contribution in [0.5, 0.6) is 0 Å². The molecule has 0 aliphatic heterocycles. The van der Waals surface area contributed by atoms with Gasteiger partial charge in [-0.25, -0.2) is 8.42 Å². The summed E-state index contributed by atoms with van der Waals surface area (Å²) in [6, 6.07) is 6.74. The number of rotatable bonds is 7.